The Balaban J connectivity index is 1.44. The van der Waals surface area contributed by atoms with Crippen LogP contribution >= 0.6 is 11.3 Å². The molecule has 108 valence electrons. The second-order valence-corrected chi connectivity index (χ2v) is 5.77. The molecule has 5 nitrogen and oxygen atoms in total. The third-order valence-corrected chi connectivity index (χ3v) is 4.10. The van der Waals surface area contributed by atoms with Crippen LogP contribution in [0, 0.1) is 0 Å². The van der Waals surface area contributed by atoms with Gasteiger partial charge in [0.15, 0.2) is 0 Å². The minimum absolute atomic E-state index is 0.160. The van der Waals surface area contributed by atoms with E-state index in [1.54, 1.807) is 11.3 Å². The summed E-state index contributed by atoms with van der Waals surface area (Å²) in [5.41, 5.74) is 2.50. The van der Waals surface area contributed by atoms with Gasteiger partial charge in [0.05, 0.1) is 0 Å². The van der Waals surface area contributed by atoms with Crippen LogP contribution in [-0.2, 0) is 22.6 Å². The highest BCUT2D eigenvalue weighted by Crippen LogP contribution is 2.14. The van der Waals surface area contributed by atoms with E-state index in [-0.39, 0.29) is 12.6 Å². The van der Waals surface area contributed by atoms with Crippen molar-refractivity contribution in [1.29, 1.82) is 0 Å². The quantitative estimate of drug-likeness (QED) is 0.710. The molecule has 0 amide bonds. The van der Waals surface area contributed by atoms with Crippen molar-refractivity contribution in [2.24, 2.45) is 0 Å². The Hall–Kier alpha value is -2.21. The fraction of sp³-hybridized carbons (Fsp3) is 0.267. The zero-order chi connectivity index (χ0) is 14.5. The van der Waals surface area contributed by atoms with Crippen LogP contribution < -0.4 is 0 Å². The number of esters is 1. The second kappa shape index (κ2) is 6.49. The summed E-state index contributed by atoms with van der Waals surface area (Å²) in [6.45, 7) is 0.278. The smallest absolute Gasteiger partial charge is 0.306 e. The third kappa shape index (κ3) is 3.66. The van der Waals surface area contributed by atoms with Crippen molar-refractivity contribution in [3.63, 3.8) is 0 Å². The molecule has 0 bridgehead atoms. The molecule has 21 heavy (non-hydrogen) atoms. The summed E-state index contributed by atoms with van der Waals surface area (Å²) in [7, 11) is 0. The lowest BCUT2D eigenvalue weighted by atomic mass is 10.2. The van der Waals surface area contributed by atoms with Crippen LogP contribution in [0.5, 0.6) is 0 Å². The van der Waals surface area contributed by atoms with Gasteiger partial charge in [0, 0.05) is 11.3 Å². The van der Waals surface area contributed by atoms with Gasteiger partial charge in [-0.1, -0.05) is 12.1 Å². The maximum atomic E-state index is 11.7. The largest absolute Gasteiger partial charge is 0.461 e. The van der Waals surface area contributed by atoms with Crippen molar-refractivity contribution in [3.8, 4) is 0 Å². The lowest BCUT2D eigenvalue weighted by Crippen LogP contribution is -2.04. The number of aromatic amines is 1. The van der Waals surface area contributed by atoms with Gasteiger partial charge in [0.2, 0.25) is 0 Å². The highest BCUT2D eigenvalue weighted by molar-refractivity contribution is 7.09. The average Bonchev–Trinajstić information content (AvgIpc) is 3.15. The standard InChI is InChI=1S/C15H15N3O2S/c19-15(5-1-3-12-4-2-8-21-12)20-10-11-6-7-13-14(9-11)17-18-16-13/h2,4,6-9H,1,3,5,10H2,(H,16,17,18). The topological polar surface area (TPSA) is 67.9 Å². The predicted octanol–water partition coefficient (Wildman–Crippen LogP) is 3.09. The lowest BCUT2D eigenvalue weighted by Gasteiger charge is -2.04. The Bertz CT molecular complexity index is 721. The third-order valence-electron chi connectivity index (χ3n) is 3.16. The number of aryl methyl sites for hydroxylation is 1. The molecular weight excluding hydrogens is 286 g/mol. The summed E-state index contributed by atoms with van der Waals surface area (Å²) in [5, 5.41) is 12.6. The number of nitrogens with one attached hydrogen (secondary N) is 1. The number of benzene rings is 1. The van der Waals surface area contributed by atoms with E-state index in [4.69, 9.17) is 4.74 Å². The van der Waals surface area contributed by atoms with E-state index in [9.17, 15) is 4.79 Å². The monoisotopic (exact) mass is 301 g/mol. The molecule has 0 aliphatic carbocycles. The summed E-state index contributed by atoms with van der Waals surface area (Å²) in [6, 6.07) is 9.74. The molecule has 0 aliphatic rings. The molecule has 0 spiro atoms. The fourth-order valence-electron chi connectivity index (χ4n) is 2.07. The summed E-state index contributed by atoms with van der Waals surface area (Å²) in [4.78, 5) is 13.0. The number of hydrogen-bond donors (Lipinski definition) is 1. The number of aromatic nitrogens is 3. The molecule has 1 aromatic carbocycles. The van der Waals surface area contributed by atoms with E-state index in [1.807, 2.05) is 29.6 Å². The van der Waals surface area contributed by atoms with E-state index >= 15 is 0 Å². The molecule has 0 saturated carbocycles. The van der Waals surface area contributed by atoms with E-state index in [0.717, 1.165) is 29.4 Å². The molecular formula is C15H15N3O2S. The van der Waals surface area contributed by atoms with Crippen molar-refractivity contribution in [2.45, 2.75) is 25.9 Å². The van der Waals surface area contributed by atoms with Crippen molar-refractivity contribution in [3.05, 3.63) is 46.2 Å². The van der Waals surface area contributed by atoms with Gasteiger partial charge in [0.1, 0.15) is 17.6 Å². The predicted molar refractivity (Wildman–Crippen MR) is 80.9 cm³/mol. The normalized spacial score (nSPS) is 10.9. The number of nitrogens with zero attached hydrogens (tertiary/aromatic N) is 2. The first kappa shape index (κ1) is 13.8. The van der Waals surface area contributed by atoms with E-state index in [2.05, 4.69) is 21.5 Å². The highest BCUT2D eigenvalue weighted by atomic mass is 32.1. The molecule has 0 unspecified atom stereocenters. The minimum Gasteiger partial charge on any atom is -0.461 e. The Kier molecular flexibility index (Phi) is 4.25. The van der Waals surface area contributed by atoms with Gasteiger partial charge in [-0.05, 0) is 42.0 Å². The molecule has 0 atom stereocenters. The van der Waals surface area contributed by atoms with Crippen molar-refractivity contribution < 1.29 is 9.53 Å². The second-order valence-electron chi connectivity index (χ2n) is 4.74. The first-order valence-electron chi connectivity index (χ1n) is 6.79. The fourth-order valence-corrected chi connectivity index (χ4v) is 2.82. The number of carbonyl (C=O) groups excluding carboxylic acids is 1. The number of rotatable bonds is 6. The zero-order valence-electron chi connectivity index (χ0n) is 11.4. The van der Waals surface area contributed by atoms with Crippen molar-refractivity contribution >= 4 is 28.3 Å². The number of carbonyl (C=O) groups is 1. The summed E-state index contributed by atoms with van der Waals surface area (Å²) >= 11 is 1.72. The molecule has 2 heterocycles. The van der Waals surface area contributed by atoms with E-state index in [1.165, 1.54) is 4.88 Å². The zero-order valence-corrected chi connectivity index (χ0v) is 12.2. The van der Waals surface area contributed by atoms with E-state index in [0.29, 0.717) is 6.42 Å². The molecule has 3 rings (SSSR count). The van der Waals surface area contributed by atoms with Crippen LogP contribution in [0.1, 0.15) is 23.3 Å². The average molecular weight is 301 g/mol. The van der Waals surface area contributed by atoms with Crippen LogP contribution in [0.25, 0.3) is 11.0 Å². The summed E-state index contributed by atoms with van der Waals surface area (Å²) in [6.07, 6.45) is 2.20. The molecule has 3 aromatic rings. The molecule has 0 fully saturated rings. The number of H-pyrrole nitrogens is 1. The molecule has 0 radical (unpaired) electrons. The van der Waals surface area contributed by atoms with Gasteiger partial charge >= 0.3 is 5.97 Å². The van der Waals surface area contributed by atoms with E-state index < -0.39 is 0 Å². The van der Waals surface area contributed by atoms with Gasteiger partial charge in [-0.2, -0.15) is 15.4 Å². The SMILES string of the molecule is O=C(CCCc1cccs1)OCc1ccc2n[nH]nc2c1. The highest BCUT2D eigenvalue weighted by Gasteiger charge is 2.06. The molecule has 0 aliphatic heterocycles. The van der Waals surface area contributed by atoms with Crippen molar-refractivity contribution in [1.82, 2.24) is 15.4 Å². The molecule has 6 heteroatoms. The Morgan fingerprint density at radius 3 is 3.00 bits per heavy atom. The van der Waals surface area contributed by atoms with Gasteiger partial charge in [-0.25, -0.2) is 0 Å². The molecule has 2 aromatic heterocycles. The number of hydrogen-bond acceptors (Lipinski definition) is 5. The lowest BCUT2D eigenvalue weighted by molar-refractivity contribution is -0.145. The van der Waals surface area contributed by atoms with Crippen LogP contribution in [0.3, 0.4) is 0 Å². The summed E-state index contributed by atoms with van der Waals surface area (Å²) < 4.78 is 5.28. The maximum absolute atomic E-state index is 11.7. The number of thiophene rings is 1. The maximum Gasteiger partial charge on any atom is 0.306 e. The summed E-state index contributed by atoms with van der Waals surface area (Å²) in [5.74, 6) is -0.160. The Labute approximate surface area is 125 Å². The minimum atomic E-state index is -0.160. The van der Waals surface area contributed by atoms with Crippen molar-refractivity contribution in [2.75, 3.05) is 0 Å². The van der Waals surface area contributed by atoms with Crippen LogP contribution in [0.4, 0.5) is 0 Å². The number of fused-ring (bicyclic) bond motifs is 1. The molecule has 1 N–H and O–H groups in total. The molecule has 0 saturated heterocycles. The van der Waals surface area contributed by atoms with Crippen LogP contribution in [-0.4, -0.2) is 21.4 Å². The van der Waals surface area contributed by atoms with Crippen LogP contribution in [0.2, 0.25) is 0 Å². The van der Waals surface area contributed by atoms with Crippen LogP contribution in [0.15, 0.2) is 35.7 Å². The Morgan fingerprint density at radius 2 is 2.14 bits per heavy atom. The Morgan fingerprint density at radius 1 is 1.24 bits per heavy atom. The van der Waals surface area contributed by atoms with Gasteiger partial charge in [0.25, 0.3) is 0 Å². The van der Waals surface area contributed by atoms with Gasteiger partial charge < -0.3 is 4.74 Å². The first-order chi connectivity index (χ1) is 10.3. The number of ether oxygens (including phenoxy) is 1. The van der Waals surface area contributed by atoms with Gasteiger partial charge in [-0.15, -0.1) is 11.3 Å². The first-order valence-corrected chi connectivity index (χ1v) is 7.66. The van der Waals surface area contributed by atoms with Gasteiger partial charge in [-0.3, -0.25) is 4.79 Å².